The first-order valence-electron chi connectivity index (χ1n) is 5.96. The first-order valence-corrected chi connectivity index (χ1v) is 18.6. The summed E-state index contributed by atoms with van der Waals surface area (Å²) in [5, 5.41) is -5.70. The van der Waals surface area contributed by atoms with Gasteiger partial charge in [-0.05, 0) is 0 Å². The van der Waals surface area contributed by atoms with Crippen molar-refractivity contribution >= 4 is 55.7 Å². The molecule has 0 aliphatic heterocycles. The molecule has 148 valence electrons. The van der Waals surface area contributed by atoms with Crippen LogP contribution in [0.3, 0.4) is 0 Å². The van der Waals surface area contributed by atoms with Gasteiger partial charge in [0.2, 0.25) is 0 Å². The Hall–Kier alpha value is 0.490. The number of hydrogen-bond acceptors (Lipinski definition) is 4. The first kappa shape index (κ1) is 24.5. The Morgan fingerprint density at radius 1 is 1.12 bits per heavy atom. The zero-order valence-electron chi connectivity index (χ0n) is 13.4. The van der Waals surface area contributed by atoms with Crippen LogP contribution in [0.1, 0.15) is 6.92 Å². The van der Waals surface area contributed by atoms with Crippen LogP contribution in [0.5, 0.6) is 0 Å². The van der Waals surface area contributed by atoms with Crippen molar-refractivity contribution in [2.24, 2.45) is 0 Å². The van der Waals surface area contributed by atoms with Crippen molar-refractivity contribution in [3.05, 3.63) is 0 Å². The summed E-state index contributed by atoms with van der Waals surface area (Å²) in [7, 11) is -6.43. The number of alkyl halides is 11. The number of esters is 1. The van der Waals surface area contributed by atoms with Crippen molar-refractivity contribution in [3.8, 4) is 0 Å². The summed E-state index contributed by atoms with van der Waals surface area (Å²) in [5.41, 5.74) is 0. The summed E-state index contributed by atoms with van der Waals surface area (Å²) in [6, 6.07) is 0. The Morgan fingerprint density at radius 2 is 1.54 bits per heavy atom. The molecule has 5 nitrogen and oxygen atoms in total. The monoisotopic (exact) mass is 612 g/mol. The Morgan fingerprint density at radius 3 is 1.79 bits per heavy atom. The summed E-state index contributed by atoms with van der Waals surface area (Å²) in [4.78, 5) is 19.3. The van der Waals surface area contributed by atoms with E-state index in [1.807, 2.05) is 9.86 Å². The number of carbonyl (C=O) groups excluding carboxylic acids is 1. The second kappa shape index (κ2) is 8.02. The zero-order valence-corrected chi connectivity index (χ0v) is 18.6. The SMILES string of the molecule is CI(C)C[C@](C)(C(=O)OC(C(F)(F)F)C(F)(F)S(=O)(=O)O)I(C)C. The Bertz CT molecular complexity index is 564. The van der Waals surface area contributed by atoms with Crippen LogP contribution in [0.4, 0.5) is 22.0 Å². The molecule has 0 amide bonds. The van der Waals surface area contributed by atoms with E-state index in [0.29, 0.717) is 0 Å². The van der Waals surface area contributed by atoms with Gasteiger partial charge in [0, 0.05) is 0 Å². The Balaban J connectivity index is 5.88. The molecule has 0 bridgehead atoms. The third-order valence-corrected chi connectivity index (χ3v) is 13.9. The molecule has 0 aromatic rings. The van der Waals surface area contributed by atoms with E-state index in [2.05, 4.69) is 4.74 Å². The van der Waals surface area contributed by atoms with Crippen LogP contribution in [0.2, 0.25) is 0 Å². The van der Waals surface area contributed by atoms with Gasteiger partial charge in [-0.3, -0.25) is 0 Å². The Labute approximate surface area is 151 Å². The summed E-state index contributed by atoms with van der Waals surface area (Å²) in [6.45, 7) is 1.36. The fourth-order valence-electron chi connectivity index (χ4n) is 1.50. The second-order valence-corrected chi connectivity index (χ2v) is 19.5. The van der Waals surface area contributed by atoms with Gasteiger partial charge in [-0.2, -0.15) is 0 Å². The van der Waals surface area contributed by atoms with E-state index in [4.69, 9.17) is 4.55 Å². The van der Waals surface area contributed by atoms with Crippen LogP contribution in [0.25, 0.3) is 0 Å². The molecule has 0 aromatic heterocycles. The van der Waals surface area contributed by atoms with Crippen LogP contribution >= 0.6 is 39.6 Å². The van der Waals surface area contributed by atoms with Gasteiger partial charge in [-0.15, -0.1) is 0 Å². The van der Waals surface area contributed by atoms with Crippen molar-refractivity contribution in [1.82, 2.24) is 0 Å². The van der Waals surface area contributed by atoms with Crippen LogP contribution in [0.15, 0.2) is 0 Å². The minimum absolute atomic E-state index is 0.260. The molecule has 0 rings (SSSR count). The molecule has 0 radical (unpaired) electrons. The third-order valence-electron chi connectivity index (χ3n) is 2.95. The van der Waals surface area contributed by atoms with Gasteiger partial charge in [0.1, 0.15) is 0 Å². The molecule has 0 fully saturated rings. The van der Waals surface area contributed by atoms with Gasteiger partial charge in [-0.1, -0.05) is 0 Å². The normalized spacial score (nSPS) is 18.5. The second-order valence-electron chi connectivity index (χ2n) is 5.36. The van der Waals surface area contributed by atoms with E-state index < -0.39 is 76.7 Å². The molecule has 24 heavy (non-hydrogen) atoms. The van der Waals surface area contributed by atoms with Crippen molar-refractivity contribution in [3.63, 3.8) is 0 Å². The van der Waals surface area contributed by atoms with Gasteiger partial charge in [-0.25, -0.2) is 0 Å². The predicted octanol–water partition coefficient (Wildman–Crippen LogP) is 3.23. The standard InChI is InChI=1S/C11H19F5I2O5S/c1-9(18(4)5,6-17(2)3)8(19)23-7(10(12,13)14)11(15,16)24(20,21)22/h7H,6H2,1-5H3,(H,20,21,22)/t7?,9-/m1/s1. The molecule has 0 heterocycles. The van der Waals surface area contributed by atoms with Gasteiger partial charge >= 0.3 is 152 Å². The van der Waals surface area contributed by atoms with Crippen molar-refractivity contribution in [2.75, 3.05) is 24.1 Å². The molecule has 2 atom stereocenters. The molecule has 0 aliphatic rings. The van der Waals surface area contributed by atoms with Crippen molar-refractivity contribution in [2.45, 2.75) is 27.9 Å². The maximum absolute atomic E-state index is 13.5. The van der Waals surface area contributed by atoms with E-state index in [1.54, 1.807) is 9.86 Å². The number of rotatable bonds is 7. The number of halogens is 7. The van der Waals surface area contributed by atoms with E-state index in [-0.39, 0.29) is 4.43 Å². The van der Waals surface area contributed by atoms with Crippen molar-refractivity contribution in [1.29, 1.82) is 0 Å². The molecule has 0 saturated carbocycles. The molecule has 1 unspecified atom stereocenters. The molecule has 1 N–H and O–H groups in total. The van der Waals surface area contributed by atoms with Gasteiger partial charge in [0.15, 0.2) is 0 Å². The van der Waals surface area contributed by atoms with E-state index in [0.717, 1.165) is 0 Å². The van der Waals surface area contributed by atoms with E-state index >= 15 is 0 Å². The summed E-state index contributed by atoms with van der Waals surface area (Å²) < 4.78 is 98.0. The Kier molecular flexibility index (Phi) is 8.18. The molecule has 13 heteroatoms. The fourth-order valence-corrected chi connectivity index (χ4v) is 14.5. The average molecular weight is 612 g/mol. The molecular formula is C11H19F5I2O5S. The molecular weight excluding hydrogens is 593 g/mol. The number of carbonyl (C=O) groups is 1. The van der Waals surface area contributed by atoms with E-state index in [1.165, 1.54) is 6.92 Å². The van der Waals surface area contributed by atoms with Crippen molar-refractivity contribution < 1.29 is 44.5 Å². The fraction of sp³-hybridized carbons (Fsp3) is 0.909. The van der Waals surface area contributed by atoms with Crippen LogP contribution in [-0.4, -0.2) is 64.0 Å². The topological polar surface area (TPSA) is 80.7 Å². The summed E-state index contributed by atoms with van der Waals surface area (Å²) >= 11 is -3.81. The van der Waals surface area contributed by atoms with Crippen LogP contribution in [0, 0.1) is 0 Å². The van der Waals surface area contributed by atoms with E-state index in [9.17, 15) is 35.2 Å². The first-order chi connectivity index (χ1) is 10.4. The zero-order chi connectivity index (χ0) is 19.7. The minimum atomic E-state index is -6.43. The summed E-state index contributed by atoms with van der Waals surface area (Å²) in [6.07, 6.45) is -10.1. The predicted molar refractivity (Wildman–Crippen MR) is 97.4 cm³/mol. The average Bonchev–Trinajstić information content (AvgIpc) is 2.30. The molecule has 0 spiro atoms. The summed E-state index contributed by atoms with van der Waals surface area (Å²) in [5.74, 6) is -1.51. The third kappa shape index (κ3) is 5.75. The van der Waals surface area contributed by atoms with Gasteiger partial charge in [0.25, 0.3) is 0 Å². The molecule has 0 saturated heterocycles. The number of ether oxygens (including phenoxy) is 1. The van der Waals surface area contributed by atoms with Crippen LogP contribution < -0.4 is 0 Å². The quantitative estimate of drug-likeness (QED) is 0.157. The number of hydrogen-bond donors (Lipinski definition) is 1. The van der Waals surface area contributed by atoms with Gasteiger partial charge < -0.3 is 0 Å². The van der Waals surface area contributed by atoms with Gasteiger partial charge in [0.05, 0.1) is 0 Å². The van der Waals surface area contributed by atoms with Crippen LogP contribution in [-0.2, 0) is 19.6 Å². The molecule has 0 aliphatic carbocycles. The maximum atomic E-state index is 13.5. The molecule has 0 aromatic carbocycles.